The molecule has 0 bridgehead atoms. The van der Waals surface area contributed by atoms with E-state index in [1.807, 2.05) is 37.2 Å². The van der Waals surface area contributed by atoms with Gasteiger partial charge < -0.3 is 19.7 Å². The average molecular weight is 427 g/mol. The van der Waals surface area contributed by atoms with Crippen LogP contribution in [0.25, 0.3) is 0 Å². The van der Waals surface area contributed by atoms with Crippen molar-refractivity contribution in [1.82, 2.24) is 14.7 Å². The van der Waals surface area contributed by atoms with Gasteiger partial charge in [0.15, 0.2) is 12.4 Å². The number of amides is 1. The number of methoxy groups -OCH3 is 1. The number of piperidine rings is 1. The van der Waals surface area contributed by atoms with Crippen molar-refractivity contribution in [2.24, 2.45) is 5.92 Å². The van der Waals surface area contributed by atoms with Crippen molar-refractivity contribution in [3.05, 3.63) is 65.1 Å². The second-order valence-electron chi connectivity index (χ2n) is 8.56. The number of ether oxygens (including phenoxy) is 1. The highest BCUT2D eigenvalue weighted by atomic mass is 16.5. The number of para-hydroxylation sites is 1. The first-order valence-corrected chi connectivity index (χ1v) is 10.9. The minimum atomic E-state index is -0.00991. The predicted molar refractivity (Wildman–Crippen MR) is 121 cm³/mol. The van der Waals surface area contributed by atoms with Gasteiger partial charge in [0.25, 0.3) is 5.91 Å². The number of hydrogen-bond donors (Lipinski definition) is 0. The Labute approximate surface area is 185 Å². The van der Waals surface area contributed by atoms with Gasteiger partial charge in [-0.3, -0.25) is 9.69 Å². The molecule has 1 saturated heterocycles. The summed E-state index contributed by atoms with van der Waals surface area (Å²) < 4.78 is 6.22. The van der Waals surface area contributed by atoms with Crippen LogP contribution in [-0.2, 0) is 6.54 Å². The van der Waals surface area contributed by atoms with Gasteiger partial charge >= 0.3 is 0 Å². The summed E-state index contributed by atoms with van der Waals surface area (Å²) in [6.07, 6.45) is 5.00. The Morgan fingerprint density at radius 2 is 1.94 bits per heavy atom. The first-order chi connectivity index (χ1) is 15.0. The zero-order valence-electron chi connectivity index (χ0n) is 18.9. The van der Waals surface area contributed by atoms with E-state index in [4.69, 9.17) is 4.74 Å². The Bertz CT molecular complexity index is 841. The highest BCUT2D eigenvalue weighted by Crippen LogP contribution is 2.24. The van der Waals surface area contributed by atoms with Gasteiger partial charge in [-0.15, -0.1) is 0 Å². The van der Waals surface area contributed by atoms with Crippen molar-refractivity contribution in [2.45, 2.75) is 19.4 Å². The number of hydrogen-bond acceptors (Lipinski definition) is 5. The second-order valence-corrected chi connectivity index (χ2v) is 8.56. The van der Waals surface area contributed by atoms with Crippen LogP contribution < -0.4 is 9.47 Å². The lowest BCUT2D eigenvalue weighted by Crippen LogP contribution is -2.44. The van der Waals surface area contributed by atoms with E-state index in [9.17, 15) is 10.0 Å². The summed E-state index contributed by atoms with van der Waals surface area (Å²) >= 11 is 0. The summed E-state index contributed by atoms with van der Waals surface area (Å²) in [6, 6.07) is 11.4. The molecule has 0 saturated carbocycles. The molecule has 168 valence electrons. The van der Waals surface area contributed by atoms with E-state index < -0.39 is 0 Å². The van der Waals surface area contributed by atoms with Crippen LogP contribution in [0.1, 0.15) is 28.8 Å². The zero-order chi connectivity index (χ0) is 22.2. The smallest absolute Gasteiger partial charge is 0.254 e. The SMILES string of the molecule is COc1ccccc1CN1CCCC(CN(CCN(C)C)C(=O)c2cc[n+]([O-])cc2)C1. The molecule has 2 heterocycles. The summed E-state index contributed by atoms with van der Waals surface area (Å²) in [5, 5.41) is 11.3. The molecule has 1 unspecified atom stereocenters. The molecule has 1 amide bonds. The average Bonchev–Trinajstić information content (AvgIpc) is 2.77. The second kappa shape index (κ2) is 11.1. The first-order valence-electron chi connectivity index (χ1n) is 10.9. The molecule has 1 aromatic carbocycles. The van der Waals surface area contributed by atoms with Crippen LogP contribution in [-0.4, -0.2) is 74.5 Å². The monoisotopic (exact) mass is 426 g/mol. The van der Waals surface area contributed by atoms with Gasteiger partial charge in [0.05, 0.1) is 12.7 Å². The van der Waals surface area contributed by atoms with E-state index in [1.54, 1.807) is 19.2 Å². The fourth-order valence-electron chi connectivity index (χ4n) is 4.16. The van der Waals surface area contributed by atoms with Gasteiger partial charge in [-0.2, -0.15) is 4.73 Å². The van der Waals surface area contributed by atoms with Gasteiger partial charge in [0.1, 0.15) is 5.75 Å². The molecule has 1 fully saturated rings. The predicted octanol–water partition coefficient (Wildman–Crippen LogP) is 2.24. The Morgan fingerprint density at radius 3 is 2.65 bits per heavy atom. The number of carbonyl (C=O) groups excluding carboxylic acids is 1. The quantitative estimate of drug-likeness (QED) is 0.455. The van der Waals surface area contributed by atoms with Gasteiger partial charge in [0, 0.05) is 50.4 Å². The topological polar surface area (TPSA) is 63.0 Å². The molecular weight excluding hydrogens is 392 g/mol. The minimum absolute atomic E-state index is 0.00991. The van der Waals surface area contributed by atoms with Gasteiger partial charge in [0.2, 0.25) is 0 Å². The van der Waals surface area contributed by atoms with Crippen LogP contribution in [0, 0.1) is 11.1 Å². The highest BCUT2D eigenvalue weighted by molar-refractivity contribution is 5.94. The van der Waals surface area contributed by atoms with E-state index in [2.05, 4.69) is 15.9 Å². The van der Waals surface area contributed by atoms with Crippen molar-refractivity contribution >= 4 is 5.91 Å². The largest absolute Gasteiger partial charge is 0.619 e. The molecule has 3 rings (SSSR count). The Kier molecular flexibility index (Phi) is 8.26. The van der Waals surface area contributed by atoms with Crippen LogP contribution in [0.2, 0.25) is 0 Å². The van der Waals surface area contributed by atoms with Crippen LogP contribution in [0.3, 0.4) is 0 Å². The van der Waals surface area contributed by atoms with E-state index >= 15 is 0 Å². The number of likely N-dealkylation sites (tertiary alicyclic amines) is 1. The maximum atomic E-state index is 13.2. The summed E-state index contributed by atoms with van der Waals surface area (Å²) in [5.74, 6) is 1.33. The van der Waals surface area contributed by atoms with E-state index in [0.717, 1.165) is 51.3 Å². The minimum Gasteiger partial charge on any atom is -0.619 e. The van der Waals surface area contributed by atoms with Crippen molar-refractivity contribution in [2.75, 3.05) is 53.9 Å². The molecule has 0 aliphatic carbocycles. The maximum absolute atomic E-state index is 13.2. The van der Waals surface area contributed by atoms with Crippen molar-refractivity contribution in [1.29, 1.82) is 0 Å². The molecule has 2 aromatic rings. The third-order valence-electron chi connectivity index (χ3n) is 5.82. The summed E-state index contributed by atoms with van der Waals surface area (Å²) in [7, 11) is 5.74. The first kappa shape index (κ1) is 23.0. The van der Waals surface area contributed by atoms with Crippen LogP contribution in [0.4, 0.5) is 0 Å². The van der Waals surface area contributed by atoms with Crippen molar-refractivity contribution < 1.29 is 14.3 Å². The number of aromatic nitrogens is 1. The Morgan fingerprint density at radius 1 is 1.19 bits per heavy atom. The zero-order valence-corrected chi connectivity index (χ0v) is 18.9. The third kappa shape index (κ3) is 6.67. The number of rotatable bonds is 9. The molecule has 7 nitrogen and oxygen atoms in total. The fraction of sp³-hybridized carbons (Fsp3) is 0.500. The number of carbonyl (C=O) groups is 1. The van der Waals surface area contributed by atoms with Gasteiger partial charge in [-0.1, -0.05) is 18.2 Å². The molecule has 0 spiro atoms. The normalized spacial score (nSPS) is 17.0. The molecule has 31 heavy (non-hydrogen) atoms. The number of nitrogens with zero attached hydrogens (tertiary/aromatic N) is 4. The maximum Gasteiger partial charge on any atom is 0.254 e. The standard InChI is InChI=1S/C24H34N4O3/c1-25(2)15-16-27(24(29)21-10-13-28(30)14-11-21)18-20-7-6-12-26(17-20)19-22-8-4-5-9-23(22)31-3/h4-5,8-11,13-14,20H,6-7,12,15-19H2,1-3H3. The van der Waals surface area contributed by atoms with Crippen LogP contribution in [0.5, 0.6) is 5.75 Å². The fourth-order valence-corrected chi connectivity index (χ4v) is 4.16. The van der Waals surface area contributed by atoms with Crippen LogP contribution >= 0.6 is 0 Å². The number of pyridine rings is 1. The number of benzene rings is 1. The van der Waals surface area contributed by atoms with E-state index in [-0.39, 0.29) is 5.91 Å². The molecule has 0 radical (unpaired) electrons. The lowest BCUT2D eigenvalue weighted by molar-refractivity contribution is -0.605. The molecule has 1 aliphatic heterocycles. The lowest BCUT2D eigenvalue weighted by atomic mass is 9.96. The molecule has 7 heteroatoms. The summed E-state index contributed by atoms with van der Waals surface area (Å²) in [6.45, 7) is 5.07. The molecule has 1 aromatic heterocycles. The van der Waals surface area contributed by atoms with E-state index in [0.29, 0.717) is 22.8 Å². The molecule has 1 atom stereocenters. The molecular formula is C24H34N4O3. The lowest BCUT2D eigenvalue weighted by Gasteiger charge is -2.36. The third-order valence-corrected chi connectivity index (χ3v) is 5.82. The Hall–Kier alpha value is -2.64. The van der Waals surface area contributed by atoms with Crippen molar-refractivity contribution in [3.8, 4) is 5.75 Å². The van der Waals surface area contributed by atoms with E-state index in [1.165, 1.54) is 18.0 Å². The van der Waals surface area contributed by atoms with Crippen molar-refractivity contribution in [3.63, 3.8) is 0 Å². The summed E-state index contributed by atoms with van der Waals surface area (Å²) in [4.78, 5) is 19.7. The molecule has 0 N–H and O–H groups in total. The Balaban J connectivity index is 1.66. The van der Waals surface area contributed by atoms with Gasteiger partial charge in [-0.25, -0.2) is 0 Å². The summed E-state index contributed by atoms with van der Waals surface area (Å²) in [5.41, 5.74) is 1.76. The van der Waals surface area contributed by atoms with Crippen LogP contribution in [0.15, 0.2) is 48.8 Å². The number of likely N-dealkylation sites (N-methyl/N-ethyl adjacent to an activating group) is 1. The highest BCUT2D eigenvalue weighted by Gasteiger charge is 2.25. The van der Waals surface area contributed by atoms with Gasteiger partial charge in [-0.05, 0) is 45.5 Å². The molecule has 1 aliphatic rings.